The highest BCUT2D eigenvalue weighted by molar-refractivity contribution is 7.99. The van der Waals surface area contributed by atoms with E-state index in [1.54, 1.807) is 17.8 Å². The Balaban J connectivity index is 1.90. The lowest BCUT2D eigenvalue weighted by molar-refractivity contribution is 0.294. The van der Waals surface area contributed by atoms with Crippen LogP contribution in [0.5, 0.6) is 0 Å². The van der Waals surface area contributed by atoms with Crippen molar-refractivity contribution in [2.75, 3.05) is 6.61 Å². The van der Waals surface area contributed by atoms with Crippen LogP contribution in [0.15, 0.2) is 58.5 Å². The molecule has 6 heteroatoms. The summed E-state index contributed by atoms with van der Waals surface area (Å²) in [7, 11) is 0. The van der Waals surface area contributed by atoms with Crippen LogP contribution in [0.4, 0.5) is 0 Å². The summed E-state index contributed by atoms with van der Waals surface area (Å²) in [6, 6.07) is 16.1. The Bertz CT molecular complexity index is 921. The summed E-state index contributed by atoms with van der Waals surface area (Å²) in [6.45, 7) is 5.23. The van der Waals surface area contributed by atoms with Crippen molar-refractivity contribution in [2.24, 2.45) is 0 Å². The fourth-order valence-corrected chi connectivity index (χ4v) is 5.24. The minimum absolute atomic E-state index is 0.0837. The van der Waals surface area contributed by atoms with Gasteiger partial charge >= 0.3 is 0 Å². The van der Waals surface area contributed by atoms with Crippen LogP contribution >= 0.6 is 35.0 Å². The molecule has 29 heavy (non-hydrogen) atoms. The second-order valence-corrected chi connectivity index (χ2v) is 9.23. The van der Waals surface area contributed by atoms with Crippen molar-refractivity contribution >= 4 is 35.0 Å². The lowest BCUT2D eigenvalue weighted by Gasteiger charge is -2.14. The summed E-state index contributed by atoms with van der Waals surface area (Å²) in [6.07, 6.45) is 2.55. The Kier molecular flexibility index (Phi) is 8.07. The molecule has 3 nitrogen and oxygen atoms in total. The van der Waals surface area contributed by atoms with E-state index in [4.69, 9.17) is 28.2 Å². The van der Waals surface area contributed by atoms with Gasteiger partial charge in [-0.05, 0) is 42.5 Å². The van der Waals surface area contributed by atoms with Crippen molar-refractivity contribution in [3.63, 3.8) is 0 Å². The van der Waals surface area contributed by atoms with Gasteiger partial charge in [0.25, 0.3) is 0 Å². The first-order valence-electron chi connectivity index (χ1n) is 9.86. The molecule has 154 valence electrons. The molecule has 1 aromatic heterocycles. The van der Waals surface area contributed by atoms with E-state index in [9.17, 15) is 5.11 Å². The second-order valence-electron chi connectivity index (χ2n) is 7.29. The number of hydrogen-bond acceptors (Lipinski definition) is 3. The predicted octanol–water partition coefficient (Wildman–Crippen LogP) is 6.63. The highest BCUT2D eigenvalue weighted by Crippen LogP contribution is 2.37. The molecule has 3 rings (SSSR count). The van der Waals surface area contributed by atoms with Crippen LogP contribution in [-0.4, -0.2) is 21.3 Å². The number of aryl methyl sites for hydroxylation is 1. The first-order chi connectivity index (χ1) is 14.0. The standard InChI is InChI=1S/C23H26Cl2N2OS/c1-16(2)22-23(29-20-14-18(24)13-19(25)15-20)27(21(26-22)10-12-28)11-6-9-17-7-4-3-5-8-17/h3-5,7-8,13-16,28H,6,9-12H2,1-2H3. The van der Waals surface area contributed by atoms with Gasteiger partial charge in [0.2, 0.25) is 0 Å². The smallest absolute Gasteiger partial charge is 0.112 e. The second kappa shape index (κ2) is 10.5. The molecular formula is C23H26Cl2N2OS. The monoisotopic (exact) mass is 448 g/mol. The van der Waals surface area contributed by atoms with Crippen molar-refractivity contribution in [3.8, 4) is 0 Å². The van der Waals surface area contributed by atoms with Gasteiger partial charge in [-0.15, -0.1) is 0 Å². The Morgan fingerprint density at radius 2 is 1.72 bits per heavy atom. The zero-order chi connectivity index (χ0) is 20.8. The van der Waals surface area contributed by atoms with Crippen LogP contribution < -0.4 is 0 Å². The Labute approximate surface area is 187 Å². The fraction of sp³-hybridized carbons (Fsp3) is 0.348. The third-order valence-corrected chi connectivity index (χ3v) is 6.18. The van der Waals surface area contributed by atoms with Crippen LogP contribution in [-0.2, 0) is 19.4 Å². The van der Waals surface area contributed by atoms with Gasteiger partial charge in [-0.25, -0.2) is 4.98 Å². The lowest BCUT2D eigenvalue weighted by atomic mass is 10.1. The third kappa shape index (κ3) is 6.02. The molecule has 0 radical (unpaired) electrons. The van der Waals surface area contributed by atoms with Crippen molar-refractivity contribution in [1.29, 1.82) is 0 Å². The molecule has 0 aliphatic heterocycles. The van der Waals surface area contributed by atoms with Gasteiger partial charge in [0, 0.05) is 27.9 Å². The van der Waals surface area contributed by atoms with Gasteiger partial charge in [-0.2, -0.15) is 0 Å². The van der Waals surface area contributed by atoms with Crippen LogP contribution in [0.2, 0.25) is 10.0 Å². The van der Waals surface area contributed by atoms with Gasteiger partial charge in [0.05, 0.1) is 12.3 Å². The number of nitrogens with zero attached hydrogens (tertiary/aromatic N) is 2. The highest BCUT2D eigenvalue weighted by Gasteiger charge is 2.20. The van der Waals surface area contributed by atoms with E-state index in [1.165, 1.54) is 5.56 Å². The van der Waals surface area contributed by atoms with E-state index >= 15 is 0 Å². The number of halogens is 2. The number of rotatable bonds is 9. The van der Waals surface area contributed by atoms with E-state index in [-0.39, 0.29) is 12.5 Å². The van der Waals surface area contributed by atoms with E-state index < -0.39 is 0 Å². The molecule has 0 unspecified atom stereocenters. The number of benzene rings is 2. The van der Waals surface area contributed by atoms with Crippen molar-refractivity contribution in [2.45, 2.75) is 55.5 Å². The average Bonchev–Trinajstić information content (AvgIpc) is 3.00. The maximum absolute atomic E-state index is 9.55. The van der Waals surface area contributed by atoms with Gasteiger partial charge in [0.1, 0.15) is 10.9 Å². The van der Waals surface area contributed by atoms with Gasteiger partial charge in [0.15, 0.2) is 0 Å². The highest BCUT2D eigenvalue weighted by atomic mass is 35.5. The van der Waals surface area contributed by atoms with Crippen molar-refractivity contribution in [1.82, 2.24) is 9.55 Å². The maximum atomic E-state index is 9.55. The number of imidazole rings is 1. The molecule has 0 fully saturated rings. The molecular weight excluding hydrogens is 423 g/mol. The van der Waals surface area contributed by atoms with E-state index in [0.29, 0.717) is 16.5 Å². The number of aliphatic hydroxyl groups excluding tert-OH is 1. The third-order valence-electron chi connectivity index (χ3n) is 4.65. The number of hydrogen-bond donors (Lipinski definition) is 1. The molecule has 0 saturated carbocycles. The zero-order valence-corrected chi connectivity index (χ0v) is 19.1. The molecule has 0 atom stereocenters. The predicted molar refractivity (Wildman–Crippen MR) is 122 cm³/mol. The van der Waals surface area contributed by atoms with E-state index in [2.05, 4.69) is 42.7 Å². The van der Waals surface area contributed by atoms with Crippen molar-refractivity contribution in [3.05, 3.63) is 75.7 Å². The molecule has 0 bridgehead atoms. The molecule has 3 aromatic rings. The van der Waals surface area contributed by atoms with Gasteiger partial charge in [-0.3, -0.25) is 0 Å². The summed E-state index contributed by atoms with van der Waals surface area (Å²) in [5.74, 6) is 1.21. The van der Waals surface area contributed by atoms with Crippen LogP contribution in [0.25, 0.3) is 0 Å². The zero-order valence-electron chi connectivity index (χ0n) is 16.7. The summed E-state index contributed by atoms with van der Waals surface area (Å²) >= 11 is 14.1. The lowest BCUT2D eigenvalue weighted by Crippen LogP contribution is -2.08. The summed E-state index contributed by atoms with van der Waals surface area (Å²) < 4.78 is 2.26. The van der Waals surface area contributed by atoms with Crippen LogP contribution in [0.1, 0.15) is 43.3 Å². The quantitative estimate of drug-likeness (QED) is 0.398. The Morgan fingerprint density at radius 3 is 2.34 bits per heavy atom. The Morgan fingerprint density at radius 1 is 1.03 bits per heavy atom. The van der Waals surface area contributed by atoms with Gasteiger partial charge < -0.3 is 9.67 Å². The maximum Gasteiger partial charge on any atom is 0.112 e. The number of aromatic nitrogens is 2. The molecule has 2 aromatic carbocycles. The molecule has 0 saturated heterocycles. The number of aliphatic hydroxyl groups is 1. The molecule has 0 aliphatic carbocycles. The molecule has 0 spiro atoms. The summed E-state index contributed by atoms with van der Waals surface area (Å²) in [5, 5.41) is 11.9. The van der Waals surface area contributed by atoms with E-state index in [0.717, 1.165) is 40.8 Å². The first kappa shape index (κ1) is 22.2. The van der Waals surface area contributed by atoms with Crippen LogP contribution in [0.3, 0.4) is 0 Å². The van der Waals surface area contributed by atoms with Crippen LogP contribution in [0, 0.1) is 0 Å². The average molecular weight is 449 g/mol. The SMILES string of the molecule is CC(C)c1nc(CCO)n(CCCc2ccccc2)c1Sc1cc(Cl)cc(Cl)c1. The molecule has 0 aliphatic rings. The van der Waals surface area contributed by atoms with E-state index in [1.807, 2.05) is 18.2 Å². The first-order valence-corrected chi connectivity index (χ1v) is 11.4. The Hall–Kier alpha value is -1.46. The summed E-state index contributed by atoms with van der Waals surface area (Å²) in [5.41, 5.74) is 2.38. The normalized spacial score (nSPS) is 11.4. The molecule has 1 N–H and O–H groups in total. The minimum atomic E-state index is 0.0837. The summed E-state index contributed by atoms with van der Waals surface area (Å²) in [4.78, 5) is 5.87. The largest absolute Gasteiger partial charge is 0.396 e. The topological polar surface area (TPSA) is 38.1 Å². The molecule has 1 heterocycles. The van der Waals surface area contributed by atoms with Gasteiger partial charge in [-0.1, -0.05) is 79.1 Å². The minimum Gasteiger partial charge on any atom is -0.396 e. The fourth-order valence-electron chi connectivity index (χ4n) is 3.29. The molecule has 0 amide bonds. The van der Waals surface area contributed by atoms with Crippen molar-refractivity contribution < 1.29 is 5.11 Å².